The molecule has 1 saturated carbocycles. The van der Waals surface area contributed by atoms with Crippen LogP contribution < -0.4 is 16.8 Å². The number of esters is 1. The number of primary amides is 1. The first kappa shape index (κ1) is 60.6. The number of aromatic nitrogens is 3. The summed E-state index contributed by atoms with van der Waals surface area (Å²) in [5.41, 5.74) is 12.2. The molecule has 3 aliphatic heterocycles. The predicted molar refractivity (Wildman–Crippen MR) is 284 cm³/mol. The van der Waals surface area contributed by atoms with Gasteiger partial charge < -0.3 is 65.2 Å². The van der Waals surface area contributed by atoms with Gasteiger partial charge >= 0.3 is 12.1 Å². The van der Waals surface area contributed by atoms with Crippen LogP contribution >= 0.6 is 0 Å². The molecule has 76 heavy (non-hydrogen) atoms. The third kappa shape index (κ3) is 13.8. The second-order valence-electron chi connectivity index (χ2n) is 22.5. The number of cyclic esters (lactones) is 1. The minimum atomic E-state index is -1.53. The van der Waals surface area contributed by atoms with E-state index in [9.17, 15) is 29.0 Å². The quantitative estimate of drug-likeness (QED) is 0.116. The van der Waals surface area contributed by atoms with Gasteiger partial charge in [0.25, 0.3) is 0 Å². The average Bonchev–Trinajstić information content (AvgIpc) is 3.86. The molecule has 1 aromatic heterocycles. The van der Waals surface area contributed by atoms with E-state index in [-0.39, 0.29) is 31.3 Å². The first-order valence-corrected chi connectivity index (χ1v) is 27.2. The molecule has 16 atom stereocenters. The largest absolute Gasteiger partial charge is 0.458 e. The van der Waals surface area contributed by atoms with Crippen molar-refractivity contribution in [2.75, 3.05) is 61.2 Å². The fraction of sp³-hybridized carbons (Fsp3) is 0.745. The van der Waals surface area contributed by atoms with Crippen LogP contribution in [0.15, 0.2) is 41.7 Å². The normalized spacial score (nSPS) is 34.1. The summed E-state index contributed by atoms with van der Waals surface area (Å²) in [4.78, 5) is 49.9. The number of rotatable bonds is 19. The summed E-state index contributed by atoms with van der Waals surface area (Å²) < 4.78 is 54.0. The molecule has 1 aromatic carbocycles. The molecule has 3 fully saturated rings. The van der Waals surface area contributed by atoms with Crippen molar-refractivity contribution in [2.24, 2.45) is 52.0 Å². The van der Waals surface area contributed by atoms with Crippen LogP contribution in [0.3, 0.4) is 0 Å². The zero-order valence-electron chi connectivity index (χ0n) is 46.9. The van der Waals surface area contributed by atoms with Gasteiger partial charge in [0.1, 0.15) is 36.8 Å². The summed E-state index contributed by atoms with van der Waals surface area (Å²) in [5.74, 6) is -3.99. The highest BCUT2D eigenvalue weighted by Crippen LogP contribution is 2.42. The summed E-state index contributed by atoms with van der Waals surface area (Å²) >= 11 is 0. The highest BCUT2D eigenvalue weighted by atomic mass is 19.1. The predicted octanol–water partition coefficient (Wildman–Crippen LogP) is 4.97. The molecular formula is C55H88FN9O11. The lowest BCUT2D eigenvalue weighted by atomic mass is 9.70. The van der Waals surface area contributed by atoms with Gasteiger partial charge in [0.05, 0.1) is 35.5 Å². The van der Waals surface area contributed by atoms with Gasteiger partial charge in [0.2, 0.25) is 0 Å². The van der Waals surface area contributed by atoms with E-state index in [1.165, 1.54) is 18.9 Å². The van der Waals surface area contributed by atoms with Crippen LogP contribution in [0.1, 0.15) is 123 Å². The Kier molecular flexibility index (Phi) is 21.0. The van der Waals surface area contributed by atoms with Crippen molar-refractivity contribution in [3.63, 3.8) is 0 Å². The Morgan fingerprint density at radius 3 is 2.34 bits per heavy atom. The summed E-state index contributed by atoms with van der Waals surface area (Å²) in [6.45, 7) is 15.3. The summed E-state index contributed by atoms with van der Waals surface area (Å²) in [5, 5.41) is 36.6. The molecule has 0 unspecified atom stereocenters. The maximum atomic E-state index is 14.9. The molecule has 426 valence electrons. The number of likely N-dealkylation sites (N-methyl/N-ethyl adjacent to an activating group) is 2. The van der Waals surface area contributed by atoms with Gasteiger partial charge in [-0.05, 0) is 96.0 Å². The lowest BCUT2D eigenvalue weighted by Gasteiger charge is -2.49. The fourth-order valence-electron chi connectivity index (χ4n) is 12.0. The van der Waals surface area contributed by atoms with E-state index in [0.717, 1.165) is 36.0 Å². The number of hydrogen-bond acceptors (Lipinski definition) is 18. The highest BCUT2D eigenvalue weighted by molar-refractivity contribution is 5.85. The molecule has 20 nitrogen and oxygen atoms in total. The summed E-state index contributed by atoms with van der Waals surface area (Å²) in [6.07, 6.45) is 0.0197. The molecule has 1 amide bonds. The molecule has 7 N–H and O–H groups in total. The van der Waals surface area contributed by atoms with Gasteiger partial charge in [-0.2, -0.15) is 0 Å². The smallest absolute Gasteiger partial charge is 0.405 e. The van der Waals surface area contributed by atoms with Gasteiger partial charge in [-0.25, -0.2) is 18.9 Å². The van der Waals surface area contributed by atoms with Crippen molar-refractivity contribution in [1.82, 2.24) is 30.1 Å². The second-order valence-corrected chi connectivity index (χ2v) is 22.5. The van der Waals surface area contributed by atoms with E-state index in [1.807, 2.05) is 62.0 Å². The highest BCUT2D eigenvalue weighted by Gasteiger charge is 2.54. The van der Waals surface area contributed by atoms with E-state index >= 15 is 0 Å². The number of carbonyl (C=O) groups is 3. The molecule has 0 radical (unpaired) electrons. The molecule has 21 heteroatoms. The number of carbonyl (C=O) groups excluding carboxylic acids is 3. The number of hydrogen-bond donors (Lipinski definition) is 5. The number of Topliss-reactive ketones (excluding diaryl/α,β-unsaturated/α-hetero) is 1. The number of nitrogens with two attached hydrogens (primary N) is 2. The van der Waals surface area contributed by atoms with Crippen LogP contribution in [0.2, 0.25) is 0 Å². The maximum absolute atomic E-state index is 14.9. The SMILES string of the molecule is CC[C@H]1OC(=O)[C@H](C)[C@@H](O)[C@H](C)[C@@H](O[C@@H]2O[C@H](C)C[C@H](N(C)CCc3cn([C@H](CF)[C@H](OC)c4ccc(C5=CN=C(N)N(C)C5)cc4)nn3)[C@H]2O)[C@](C)(OC)C[C@@H](C)C(=O)[C@H](C)[C@@H](CNCC2CCC2)[C@]1(C)OC(N)=O. The van der Waals surface area contributed by atoms with E-state index in [1.54, 1.807) is 53.9 Å². The topological polar surface area (TPSA) is 261 Å². The van der Waals surface area contributed by atoms with Crippen molar-refractivity contribution >= 4 is 29.4 Å². The van der Waals surface area contributed by atoms with Crippen LogP contribution in [-0.4, -0.2) is 174 Å². The second kappa shape index (κ2) is 26.4. The van der Waals surface area contributed by atoms with Crippen molar-refractivity contribution in [3.8, 4) is 0 Å². The van der Waals surface area contributed by atoms with E-state index in [4.69, 9.17) is 39.9 Å². The number of halogens is 1. The molecule has 0 bridgehead atoms. The minimum Gasteiger partial charge on any atom is -0.458 e. The van der Waals surface area contributed by atoms with Gasteiger partial charge in [0.15, 0.2) is 17.9 Å². The van der Waals surface area contributed by atoms with Crippen LogP contribution in [-0.2, 0) is 44.4 Å². The van der Waals surface area contributed by atoms with Gasteiger partial charge in [-0.15, -0.1) is 5.10 Å². The number of ketones is 1. The lowest BCUT2D eigenvalue weighted by molar-refractivity contribution is -0.302. The third-order valence-corrected chi connectivity index (χ3v) is 17.2. The number of amides is 1. The number of benzene rings is 1. The van der Waals surface area contributed by atoms with Crippen LogP contribution in [0.4, 0.5) is 9.18 Å². The molecule has 2 aromatic rings. The lowest BCUT2D eigenvalue weighted by Crippen LogP contribution is -2.61. The van der Waals surface area contributed by atoms with Crippen molar-refractivity contribution in [3.05, 3.63) is 53.5 Å². The van der Waals surface area contributed by atoms with Crippen molar-refractivity contribution < 1.29 is 57.4 Å². The maximum Gasteiger partial charge on any atom is 0.405 e. The van der Waals surface area contributed by atoms with E-state index in [0.29, 0.717) is 50.0 Å². The number of alkyl halides is 1. The third-order valence-electron chi connectivity index (χ3n) is 17.2. The standard InChI is InChI=1S/C55H88FN9O11/c1-13-44-55(8,76-53(58)70)41(28-59-26-36-15-14-16-36)33(4)45(66)31(2)24-54(7,72-12)49(34(5)46(67)35(6)50(69)74-44)75-51-47(68)42(23-32(3)73-51)63(9)22-21-40-30-65(62-61-40)43(25-56)48(71-11)38-19-17-37(18-20-38)39-27-60-52(57)64(10)29-39/h17-20,27,30-36,41-44,46-49,51,59,67-68H,13-16,21-26,28-29H2,1-12H3,(H2,57,60)(H2,58,70)/t31-,32-,33-,34+,35-,41-,42+,43-,44-,46+,47-,48-,49-,51+,54-,55+/m1/s1. The van der Waals surface area contributed by atoms with Crippen LogP contribution in [0.25, 0.3) is 5.57 Å². The number of aliphatic imine (C=N–C) groups is 1. The molecule has 0 spiro atoms. The van der Waals surface area contributed by atoms with E-state index in [2.05, 4.69) is 20.6 Å². The van der Waals surface area contributed by atoms with Crippen molar-refractivity contribution in [1.29, 1.82) is 0 Å². The summed E-state index contributed by atoms with van der Waals surface area (Å²) in [7, 11) is 6.80. The molecule has 1 aliphatic carbocycles. The van der Waals surface area contributed by atoms with Crippen LogP contribution in [0.5, 0.6) is 0 Å². The Hall–Kier alpha value is -4.61. The number of ether oxygens (including phenoxy) is 6. The number of nitrogens with zero attached hydrogens (tertiary/aromatic N) is 6. The van der Waals surface area contributed by atoms with Crippen molar-refractivity contribution in [2.45, 2.75) is 167 Å². The fourth-order valence-corrected chi connectivity index (χ4v) is 12.0. The number of aliphatic hydroxyl groups is 2. The van der Waals surface area contributed by atoms with Gasteiger partial charge in [-0.1, -0.05) is 63.6 Å². The number of aliphatic hydroxyl groups excluding tert-OH is 2. The number of methoxy groups -OCH3 is 2. The number of nitrogens with one attached hydrogen (secondary N) is 1. The Balaban J connectivity index is 1.19. The molecule has 2 saturated heterocycles. The Bertz CT molecular complexity index is 2300. The van der Waals surface area contributed by atoms with E-state index < -0.39 is 108 Å². The van der Waals surface area contributed by atoms with Crippen LogP contribution in [0, 0.1) is 35.5 Å². The molecular weight excluding hydrogens is 982 g/mol. The Labute approximate surface area is 448 Å². The number of guanidine groups is 1. The zero-order chi connectivity index (χ0) is 55.8. The van der Waals surface area contributed by atoms with Gasteiger partial charge in [0, 0.05) is 89.4 Å². The molecule has 6 rings (SSSR count). The molecule has 4 heterocycles. The monoisotopic (exact) mass is 1070 g/mol. The summed E-state index contributed by atoms with van der Waals surface area (Å²) in [6, 6.07) is 6.45. The zero-order valence-corrected chi connectivity index (χ0v) is 46.9. The Morgan fingerprint density at radius 1 is 1.05 bits per heavy atom. The first-order chi connectivity index (χ1) is 36.0. The Morgan fingerprint density at radius 2 is 1.75 bits per heavy atom. The minimum absolute atomic E-state index is 0.117. The average molecular weight is 1070 g/mol. The molecule has 4 aliphatic rings. The first-order valence-electron chi connectivity index (χ1n) is 27.2. The van der Waals surface area contributed by atoms with Gasteiger partial charge in [-0.3, -0.25) is 9.59 Å².